The van der Waals surface area contributed by atoms with Crippen LogP contribution in [-0.4, -0.2) is 16.2 Å². The van der Waals surface area contributed by atoms with Crippen molar-refractivity contribution in [3.63, 3.8) is 0 Å². The SMILES string of the molecule is O=Cc1nc(I)cc(C(F)F)c1[N+](=O)[O-]. The number of aromatic nitrogens is 1. The second kappa shape index (κ2) is 4.55. The first-order valence-corrected chi connectivity index (χ1v) is 4.63. The maximum absolute atomic E-state index is 12.4. The molecule has 1 aromatic rings. The van der Waals surface area contributed by atoms with Crippen LogP contribution < -0.4 is 0 Å². The number of rotatable bonds is 3. The summed E-state index contributed by atoms with van der Waals surface area (Å²) in [5.74, 6) is 0. The molecule has 0 aliphatic rings. The van der Waals surface area contributed by atoms with Crippen molar-refractivity contribution in [1.82, 2.24) is 4.98 Å². The standard InChI is InChI=1S/C7H3F2IN2O3/c8-7(9)3-1-5(10)11-4(2-13)6(3)12(14)15/h1-2,7H. The zero-order valence-corrected chi connectivity index (χ0v) is 9.14. The largest absolute Gasteiger partial charge is 0.307 e. The smallest absolute Gasteiger partial charge is 0.296 e. The van der Waals surface area contributed by atoms with E-state index < -0.39 is 28.3 Å². The number of nitro groups is 1. The van der Waals surface area contributed by atoms with Crippen molar-refractivity contribution in [2.45, 2.75) is 6.43 Å². The lowest BCUT2D eigenvalue weighted by Crippen LogP contribution is -2.04. The van der Waals surface area contributed by atoms with Crippen molar-refractivity contribution >= 4 is 34.6 Å². The van der Waals surface area contributed by atoms with Gasteiger partial charge < -0.3 is 0 Å². The van der Waals surface area contributed by atoms with Crippen molar-refractivity contribution in [3.05, 3.63) is 31.1 Å². The monoisotopic (exact) mass is 328 g/mol. The highest BCUT2D eigenvalue weighted by atomic mass is 127. The highest BCUT2D eigenvalue weighted by molar-refractivity contribution is 14.1. The highest BCUT2D eigenvalue weighted by Gasteiger charge is 2.27. The summed E-state index contributed by atoms with van der Waals surface area (Å²) in [5.41, 5.74) is -2.30. The molecule has 0 saturated heterocycles. The molecule has 1 heterocycles. The quantitative estimate of drug-likeness (QED) is 0.281. The van der Waals surface area contributed by atoms with Gasteiger partial charge >= 0.3 is 5.69 Å². The molecule has 80 valence electrons. The zero-order chi connectivity index (χ0) is 11.6. The molecule has 1 aromatic heterocycles. The molecule has 0 spiro atoms. The van der Waals surface area contributed by atoms with E-state index in [-0.39, 0.29) is 9.99 Å². The van der Waals surface area contributed by atoms with Gasteiger partial charge in [-0.25, -0.2) is 13.8 Å². The third kappa shape index (κ3) is 2.43. The van der Waals surface area contributed by atoms with E-state index in [1.807, 2.05) is 0 Å². The van der Waals surface area contributed by atoms with Crippen LogP contribution in [0.1, 0.15) is 22.5 Å². The summed E-state index contributed by atoms with van der Waals surface area (Å²) in [4.78, 5) is 23.4. The number of hydrogen-bond acceptors (Lipinski definition) is 4. The number of halogens is 3. The van der Waals surface area contributed by atoms with Crippen LogP contribution in [0.15, 0.2) is 6.07 Å². The lowest BCUT2D eigenvalue weighted by atomic mass is 10.2. The van der Waals surface area contributed by atoms with Gasteiger partial charge in [0.15, 0.2) is 12.0 Å². The van der Waals surface area contributed by atoms with Crippen LogP contribution in [0, 0.1) is 13.8 Å². The van der Waals surface area contributed by atoms with Gasteiger partial charge in [-0.2, -0.15) is 0 Å². The summed E-state index contributed by atoms with van der Waals surface area (Å²) in [5, 5.41) is 10.5. The molecule has 0 radical (unpaired) electrons. The molecule has 0 aliphatic heterocycles. The van der Waals surface area contributed by atoms with Gasteiger partial charge in [-0.05, 0) is 28.7 Å². The summed E-state index contributed by atoms with van der Waals surface area (Å²) >= 11 is 1.60. The number of hydrogen-bond donors (Lipinski definition) is 0. The van der Waals surface area contributed by atoms with Crippen molar-refractivity contribution in [3.8, 4) is 0 Å². The summed E-state index contributed by atoms with van der Waals surface area (Å²) in [6.45, 7) is 0. The second-order valence-electron chi connectivity index (χ2n) is 2.44. The van der Waals surface area contributed by atoms with Gasteiger partial charge in [-0.3, -0.25) is 14.9 Å². The fourth-order valence-electron chi connectivity index (χ4n) is 0.992. The van der Waals surface area contributed by atoms with Crippen LogP contribution in [0.3, 0.4) is 0 Å². The van der Waals surface area contributed by atoms with Gasteiger partial charge in [-0.15, -0.1) is 0 Å². The molecule has 0 amide bonds. The van der Waals surface area contributed by atoms with E-state index in [0.29, 0.717) is 0 Å². The Morgan fingerprint density at radius 1 is 1.60 bits per heavy atom. The van der Waals surface area contributed by atoms with Crippen LogP contribution in [0.4, 0.5) is 14.5 Å². The van der Waals surface area contributed by atoms with E-state index in [0.717, 1.165) is 6.07 Å². The minimum Gasteiger partial charge on any atom is -0.296 e. The molecule has 0 fully saturated rings. The van der Waals surface area contributed by atoms with Crippen molar-refractivity contribution in [2.24, 2.45) is 0 Å². The van der Waals surface area contributed by atoms with Gasteiger partial charge in [0.1, 0.15) is 9.26 Å². The topological polar surface area (TPSA) is 73.1 Å². The summed E-state index contributed by atoms with van der Waals surface area (Å²) in [7, 11) is 0. The Hall–Kier alpha value is -1.19. The lowest BCUT2D eigenvalue weighted by Gasteiger charge is -2.03. The fourth-order valence-corrected chi connectivity index (χ4v) is 1.59. The van der Waals surface area contributed by atoms with Crippen LogP contribution in [0.2, 0.25) is 0 Å². The first-order valence-electron chi connectivity index (χ1n) is 3.55. The number of pyridine rings is 1. The normalized spacial score (nSPS) is 10.4. The van der Waals surface area contributed by atoms with E-state index in [1.54, 1.807) is 22.6 Å². The van der Waals surface area contributed by atoms with E-state index in [1.165, 1.54) is 0 Å². The fraction of sp³-hybridized carbons (Fsp3) is 0.143. The van der Waals surface area contributed by atoms with Gasteiger partial charge in [0.25, 0.3) is 6.43 Å². The predicted octanol–water partition coefficient (Wildman–Crippen LogP) is 2.34. The molecule has 5 nitrogen and oxygen atoms in total. The maximum atomic E-state index is 12.4. The Morgan fingerprint density at radius 2 is 2.20 bits per heavy atom. The van der Waals surface area contributed by atoms with E-state index >= 15 is 0 Å². The first-order chi connectivity index (χ1) is 6.97. The minimum absolute atomic E-state index is 0.0895. The predicted molar refractivity (Wildman–Crippen MR) is 54.0 cm³/mol. The third-order valence-electron chi connectivity index (χ3n) is 1.55. The minimum atomic E-state index is -3.01. The Bertz CT molecular complexity index is 425. The molecule has 15 heavy (non-hydrogen) atoms. The molecule has 8 heteroatoms. The van der Waals surface area contributed by atoms with Gasteiger partial charge in [0, 0.05) is 0 Å². The Morgan fingerprint density at radius 3 is 2.60 bits per heavy atom. The zero-order valence-electron chi connectivity index (χ0n) is 6.99. The molecule has 0 N–H and O–H groups in total. The summed E-state index contributed by atoms with van der Waals surface area (Å²) in [6, 6.07) is 0.885. The van der Waals surface area contributed by atoms with E-state index in [4.69, 9.17) is 0 Å². The Balaban J connectivity index is 3.54. The number of aldehydes is 1. The first kappa shape index (κ1) is 11.9. The summed E-state index contributed by atoms with van der Waals surface area (Å²) in [6.07, 6.45) is -2.92. The number of carbonyl (C=O) groups excluding carboxylic acids is 1. The van der Waals surface area contributed by atoms with Crippen LogP contribution in [0.25, 0.3) is 0 Å². The molecular weight excluding hydrogens is 325 g/mol. The number of alkyl halides is 2. The van der Waals surface area contributed by atoms with Gasteiger partial charge in [-0.1, -0.05) is 0 Å². The lowest BCUT2D eigenvalue weighted by molar-refractivity contribution is -0.386. The molecule has 0 aromatic carbocycles. The summed E-state index contributed by atoms with van der Waals surface area (Å²) < 4.78 is 25.0. The van der Waals surface area contributed by atoms with Crippen LogP contribution in [0.5, 0.6) is 0 Å². The van der Waals surface area contributed by atoms with Gasteiger partial charge in [0.05, 0.1) is 4.92 Å². The Labute approximate surface area is 95.8 Å². The molecule has 0 bridgehead atoms. The van der Waals surface area contributed by atoms with Gasteiger partial charge in [0.2, 0.25) is 0 Å². The molecule has 0 aliphatic carbocycles. The average molecular weight is 328 g/mol. The number of carbonyl (C=O) groups is 1. The van der Waals surface area contributed by atoms with Crippen molar-refractivity contribution in [1.29, 1.82) is 0 Å². The second-order valence-corrected chi connectivity index (χ2v) is 3.55. The van der Waals surface area contributed by atoms with Crippen molar-refractivity contribution in [2.75, 3.05) is 0 Å². The van der Waals surface area contributed by atoms with E-state index in [9.17, 15) is 23.7 Å². The van der Waals surface area contributed by atoms with E-state index in [2.05, 4.69) is 4.98 Å². The van der Waals surface area contributed by atoms with Crippen LogP contribution in [-0.2, 0) is 0 Å². The molecule has 1 rings (SSSR count). The van der Waals surface area contributed by atoms with Crippen molar-refractivity contribution < 1.29 is 18.5 Å². The maximum Gasteiger partial charge on any atom is 0.307 e. The average Bonchev–Trinajstić information content (AvgIpc) is 2.15. The molecule has 0 saturated carbocycles. The third-order valence-corrected chi connectivity index (χ3v) is 2.10. The molecule has 0 atom stereocenters. The highest BCUT2D eigenvalue weighted by Crippen LogP contribution is 2.31. The molecule has 0 unspecified atom stereocenters. The number of nitrogens with zero attached hydrogens (tertiary/aromatic N) is 2. The van der Waals surface area contributed by atoms with Crippen LogP contribution >= 0.6 is 22.6 Å². The Kier molecular flexibility index (Phi) is 3.61. The molecular formula is C7H3F2IN2O3.